The molecule has 3 aromatic rings. The lowest BCUT2D eigenvalue weighted by Crippen LogP contribution is -2.36. The van der Waals surface area contributed by atoms with Gasteiger partial charge in [0.1, 0.15) is 0 Å². The summed E-state index contributed by atoms with van der Waals surface area (Å²) >= 11 is 0. The third-order valence-corrected chi connectivity index (χ3v) is 7.45. The van der Waals surface area contributed by atoms with Crippen LogP contribution in [-0.4, -0.2) is 31.1 Å². The van der Waals surface area contributed by atoms with Gasteiger partial charge in [0, 0.05) is 36.2 Å². The molecule has 192 valence electrons. The van der Waals surface area contributed by atoms with Crippen molar-refractivity contribution in [2.75, 3.05) is 28.6 Å². The number of carbonyl (C=O) groups is 2. The Bertz CT molecular complexity index is 1240. The number of nitrogens with one attached hydrogen (secondary N) is 3. The van der Waals surface area contributed by atoms with Crippen molar-refractivity contribution < 1.29 is 9.59 Å². The summed E-state index contributed by atoms with van der Waals surface area (Å²) in [6.45, 7) is 5.78. The number of aryl methyl sites for hydroxylation is 2. The van der Waals surface area contributed by atoms with Gasteiger partial charge in [0.15, 0.2) is 0 Å². The fourth-order valence-corrected chi connectivity index (χ4v) is 5.18. The number of amides is 3. The number of piperidine rings is 1. The van der Waals surface area contributed by atoms with Crippen molar-refractivity contribution in [2.45, 2.75) is 52.0 Å². The summed E-state index contributed by atoms with van der Waals surface area (Å²) in [6, 6.07) is 22.2. The van der Waals surface area contributed by atoms with Crippen LogP contribution in [-0.2, 0) is 6.42 Å². The molecule has 1 aliphatic carbocycles. The maximum absolute atomic E-state index is 13.2. The van der Waals surface area contributed by atoms with Crippen molar-refractivity contribution >= 4 is 29.0 Å². The van der Waals surface area contributed by atoms with E-state index in [1.165, 1.54) is 5.56 Å². The zero-order valence-electron chi connectivity index (χ0n) is 21.7. The number of benzene rings is 3. The van der Waals surface area contributed by atoms with Crippen LogP contribution in [0.3, 0.4) is 0 Å². The van der Waals surface area contributed by atoms with Gasteiger partial charge in [0.2, 0.25) is 0 Å². The predicted molar refractivity (Wildman–Crippen MR) is 151 cm³/mol. The van der Waals surface area contributed by atoms with E-state index in [0.29, 0.717) is 17.2 Å². The standard InChI is InChI=1S/C31H36N4O2/c1-21-7-6-8-22(2)29(21)34-31(37)33-26-13-14-28(27(20-26)30(36)32-25-11-12-25)35-17-15-24(16-18-35)19-23-9-4-3-5-10-23/h3-10,13-14,20,24-25H,11-12,15-19H2,1-2H3,(H,32,36)(H2,33,34,37). The lowest BCUT2D eigenvalue weighted by Gasteiger charge is -2.35. The normalized spacial score (nSPS) is 15.8. The highest BCUT2D eigenvalue weighted by Gasteiger charge is 2.28. The Morgan fingerprint density at radius 1 is 0.838 bits per heavy atom. The lowest BCUT2D eigenvalue weighted by molar-refractivity contribution is 0.0951. The zero-order valence-corrected chi connectivity index (χ0v) is 21.7. The highest BCUT2D eigenvalue weighted by atomic mass is 16.2. The molecule has 37 heavy (non-hydrogen) atoms. The van der Waals surface area contributed by atoms with Crippen LogP contribution in [0.4, 0.5) is 21.9 Å². The molecular weight excluding hydrogens is 460 g/mol. The first-order valence-corrected chi connectivity index (χ1v) is 13.3. The second-order valence-electron chi connectivity index (χ2n) is 10.4. The maximum atomic E-state index is 13.2. The molecule has 2 fully saturated rings. The fraction of sp³-hybridized carbons (Fsp3) is 0.355. The molecular formula is C31H36N4O2. The number of para-hydroxylation sites is 1. The number of hydrogen-bond donors (Lipinski definition) is 3. The van der Waals surface area contributed by atoms with E-state index in [1.54, 1.807) is 0 Å². The minimum absolute atomic E-state index is 0.0669. The summed E-state index contributed by atoms with van der Waals surface area (Å²) in [5, 5.41) is 9.02. The molecule has 0 unspecified atom stereocenters. The van der Waals surface area contributed by atoms with Crippen molar-refractivity contribution in [3.63, 3.8) is 0 Å². The molecule has 0 bridgehead atoms. The number of anilines is 3. The summed E-state index contributed by atoms with van der Waals surface area (Å²) in [6.07, 6.45) is 5.35. The fourth-order valence-electron chi connectivity index (χ4n) is 5.18. The number of hydrogen-bond acceptors (Lipinski definition) is 3. The largest absolute Gasteiger partial charge is 0.371 e. The van der Waals surface area contributed by atoms with Gasteiger partial charge in [-0.3, -0.25) is 4.79 Å². The molecule has 1 saturated carbocycles. The topological polar surface area (TPSA) is 73.5 Å². The molecule has 1 aliphatic heterocycles. The van der Waals surface area contributed by atoms with Crippen LogP contribution in [0.2, 0.25) is 0 Å². The number of carbonyl (C=O) groups excluding carboxylic acids is 2. The molecule has 0 spiro atoms. The average Bonchev–Trinajstić information content (AvgIpc) is 3.71. The van der Waals surface area contributed by atoms with Gasteiger partial charge >= 0.3 is 6.03 Å². The molecule has 2 aliphatic rings. The van der Waals surface area contributed by atoms with Crippen molar-refractivity contribution in [1.82, 2.24) is 5.32 Å². The SMILES string of the molecule is Cc1cccc(C)c1NC(=O)Nc1ccc(N2CCC(Cc3ccccc3)CC2)c(C(=O)NC2CC2)c1. The lowest BCUT2D eigenvalue weighted by atomic mass is 9.89. The van der Waals surface area contributed by atoms with Crippen molar-refractivity contribution in [2.24, 2.45) is 5.92 Å². The van der Waals surface area contributed by atoms with Gasteiger partial charge in [-0.05, 0) is 86.8 Å². The first kappa shape index (κ1) is 24.9. The van der Waals surface area contributed by atoms with E-state index in [0.717, 1.165) is 67.7 Å². The molecule has 3 amide bonds. The number of urea groups is 1. The van der Waals surface area contributed by atoms with Crippen LogP contribution in [0.15, 0.2) is 66.7 Å². The third kappa shape index (κ3) is 6.31. The van der Waals surface area contributed by atoms with E-state index in [1.807, 2.05) is 50.2 Å². The smallest absolute Gasteiger partial charge is 0.323 e. The Hall–Kier alpha value is -3.80. The first-order chi connectivity index (χ1) is 18.0. The minimum atomic E-state index is -0.319. The van der Waals surface area contributed by atoms with E-state index < -0.39 is 0 Å². The highest BCUT2D eigenvalue weighted by molar-refractivity contribution is 6.04. The predicted octanol–water partition coefficient (Wildman–Crippen LogP) is 6.30. The highest BCUT2D eigenvalue weighted by Crippen LogP contribution is 2.31. The molecule has 6 heteroatoms. The Kier molecular flexibility index (Phi) is 7.45. The molecule has 6 nitrogen and oxygen atoms in total. The Labute approximate surface area is 219 Å². The quantitative estimate of drug-likeness (QED) is 0.359. The van der Waals surface area contributed by atoms with Crippen LogP contribution >= 0.6 is 0 Å². The van der Waals surface area contributed by atoms with Crippen molar-refractivity contribution in [3.8, 4) is 0 Å². The molecule has 5 rings (SSSR count). The van der Waals surface area contributed by atoms with E-state index in [4.69, 9.17) is 0 Å². The van der Waals surface area contributed by atoms with E-state index >= 15 is 0 Å². The number of nitrogens with zero attached hydrogens (tertiary/aromatic N) is 1. The monoisotopic (exact) mass is 496 g/mol. The van der Waals surface area contributed by atoms with Crippen LogP contribution in [0.5, 0.6) is 0 Å². The maximum Gasteiger partial charge on any atom is 0.323 e. The van der Waals surface area contributed by atoms with E-state index in [-0.39, 0.29) is 18.0 Å². The Balaban J connectivity index is 1.29. The van der Waals surface area contributed by atoms with Gasteiger partial charge in [-0.25, -0.2) is 4.79 Å². The third-order valence-electron chi connectivity index (χ3n) is 7.45. The molecule has 3 N–H and O–H groups in total. The summed E-state index contributed by atoms with van der Waals surface area (Å²) in [5.74, 6) is 0.583. The van der Waals surface area contributed by atoms with Crippen LogP contribution < -0.4 is 20.9 Å². The zero-order chi connectivity index (χ0) is 25.8. The average molecular weight is 497 g/mol. The molecule has 0 atom stereocenters. The van der Waals surface area contributed by atoms with Gasteiger partial charge < -0.3 is 20.9 Å². The summed E-state index contributed by atoms with van der Waals surface area (Å²) < 4.78 is 0. The molecule has 0 aromatic heterocycles. The van der Waals surface area contributed by atoms with Gasteiger partial charge in [0.05, 0.1) is 5.56 Å². The van der Waals surface area contributed by atoms with Gasteiger partial charge in [-0.15, -0.1) is 0 Å². The van der Waals surface area contributed by atoms with Gasteiger partial charge in [0.25, 0.3) is 5.91 Å². The molecule has 1 saturated heterocycles. The molecule has 3 aromatic carbocycles. The second kappa shape index (κ2) is 11.1. The van der Waals surface area contributed by atoms with E-state index in [2.05, 4.69) is 51.2 Å². The van der Waals surface area contributed by atoms with Crippen molar-refractivity contribution in [3.05, 3.63) is 89.0 Å². The van der Waals surface area contributed by atoms with Crippen molar-refractivity contribution in [1.29, 1.82) is 0 Å². The molecule has 1 heterocycles. The minimum Gasteiger partial charge on any atom is -0.371 e. The summed E-state index contributed by atoms with van der Waals surface area (Å²) in [5.41, 5.74) is 6.38. The summed E-state index contributed by atoms with van der Waals surface area (Å²) in [7, 11) is 0. The van der Waals surface area contributed by atoms with Crippen LogP contribution in [0.25, 0.3) is 0 Å². The Morgan fingerprint density at radius 3 is 2.22 bits per heavy atom. The Morgan fingerprint density at radius 2 is 1.54 bits per heavy atom. The number of rotatable bonds is 7. The summed E-state index contributed by atoms with van der Waals surface area (Å²) in [4.78, 5) is 28.3. The second-order valence-corrected chi connectivity index (χ2v) is 10.4. The van der Waals surface area contributed by atoms with Crippen LogP contribution in [0, 0.1) is 19.8 Å². The van der Waals surface area contributed by atoms with E-state index in [9.17, 15) is 9.59 Å². The van der Waals surface area contributed by atoms with Gasteiger partial charge in [-0.1, -0.05) is 48.5 Å². The molecule has 0 radical (unpaired) electrons. The van der Waals surface area contributed by atoms with Crippen LogP contribution in [0.1, 0.15) is 52.7 Å². The first-order valence-electron chi connectivity index (χ1n) is 13.3. The van der Waals surface area contributed by atoms with Gasteiger partial charge in [-0.2, -0.15) is 0 Å².